The number of nitrogens with zero attached hydrogens (tertiary/aromatic N) is 4. The maximum Gasteiger partial charge on any atom is 0.317 e. The van der Waals surface area contributed by atoms with E-state index in [-0.39, 0.29) is 12.1 Å². The number of fused-ring (bicyclic) bond motifs is 1. The quantitative estimate of drug-likeness (QED) is 0.836. The zero-order valence-corrected chi connectivity index (χ0v) is 17.8. The molecule has 1 aliphatic carbocycles. The molecule has 30 heavy (non-hydrogen) atoms. The van der Waals surface area contributed by atoms with Crippen molar-refractivity contribution in [2.45, 2.75) is 63.1 Å². The van der Waals surface area contributed by atoms with Crippen molar-refractivity contribution in [1.29, 1.82) is 5.26 Å². The number of anilines is 1. The number of hydrogen-bond donors (Lipinski definition) is 1. The van der Waals surface area contributed by atoms with Crippen LogP contribution in [0.1, 0.15) is 50.5 Å². The van der Waals surface area contributed by atoms with Gasteiger partial charge in [0.05, 0.1) is 11.6 Å². The zero-order valence-electron chi connectivity index (χ0n) is 17.8. The molecule has 160 valence electrons. The molecule has 5 rings (SSSR count). The van der Waals surface area contributed by atoms with Gasteiger partial charge in [-0.15, -0.1) is 0 Å². The van der Waals surface area contributed by atoms with Gasteiger partial charge in [0, 0.05) is 50.0 Å². The standard InChI is InChI=1S/C24H33N5O/c25-16-18-3-5-21(6-4-18)27-13-9-20(10-14-27)26-24(30)28-15-11-23-19(17-28)2-1-12-29(23)22-7-8-22/h3-6,19-20,22-23H,1-2,7-15,17H2,(H,26,30). The van der Waals surface area contributed by atoms with Crippen molar-refractivity contribution in [3.05, 3.63) is 29.8 Å². The molecule has 1 N–H and O–H groups in total. The number of carbonyl (C=O) groups excluding carboxylic acids is 1. The van der Waals surface area contributed by atoms with Gasteiger partial charge in [-0.05, 0) is 81.7 Å². The highest BCUT2D eigenvalue weighted by atomic mass is 16.2. The maximum absolute atomic E-state index is 12.9. The Morgan fingerprint density at radius 1 is 0.967 bits per heavy atom. The number of urea groups is 1. The van der Waals surface area contributed by atoms with Crippen LogP contribution in [0, 0.1) is 17.2 Å². The second-order valence-electron chi connectivity index (χ2n) is 9.54. The molecule has 1 aromatic rings. The lowest BCUT2D eigenvalue weighted by Gasteiger charge is -2.47. The van der Waals surface area contributed by atoms with Crippen molar-refractivity contribution in [2.75, 3.05) is 37.6 Å². The number of benzene rings is 1. The predicted molar refractivity (Wildman–Crippen MR) is 117 cm³/mol. The highest BCUT2D eigenvalue weighted by Crippen LogP contribution is 2.38. The summed E-state index contributed by atoms with van der Waals surface area (Å²) in [5.74, 6) is 0.664. The Bertz CT molecular complexity index is 791. The predicted octanol–water partition coefficient (Wildman–Crippen LogP) is 3.19. The fraction of sp³-hybridized carbons (Fsp3) is 0.667. The molecular weight excluding hydrogens is 374 g/mol. The van der Waals surface area contributed by atoms with Gasteiger partial charge in [-0.25, -0.2) is 4.79 Å². The second-order valence-corrected chi connectivity index (χ2v) is 9.54. The van der Waals surface area contributed by atoms with Gasteiger partial charge in [-0.2, -0.15) is 5.26 Å². The Labute approximate surface area is 179 Å². The Hall–Kier alpha value is -2.26. The first-order valence-electron chi connectivity index (χ1n) is 11.8. The largest absolute Gasteiger partial charge is 0.371 e. The molecule has 6 nitrogen and oxygen atoms in total. The molecule has 0 bridgehead atoms. The highest BCUT2D eigenvalue weighted by molar-refractivity contribution is 5.74. The van der Waals surface area contributed by atoms with Crippen LogP contribution < -0.4 is 10.2 Å². The van der Waals surface area contributed by atoms with Crippen molar-refractivity contribution in [1.82, 2.24) is 15.1 Å². The SMILES string of the molecule is N#Cc1ccc(N2CCC(NC(=O)N3CCC4C(CCCN4C4CC4)C3)CC2)cc1. The van der Waals surface area contributed by atoms with Crippen LogP contribution in [0.4, 0.5) is 10.5 Å². The number of rotatable bonds is 3. The van der Waals surface area contributed by atoms with Gasteiger partial charge in [0.25, 0.3) is 0 Å². The summed E-state index contributed by atoms with van der Waals surface area (Å²) in [6.45, 7) is 5.00. The van der Waals surface area contributed by atoms with E-state index in [1.54, 1.807) is 0 Å². The minimum absolute atomic E-state index is 0.147. The van der Waals surface area contributed by atoms with Gasteiger partial charge < -0.3 is 15.1 Å². The minimum Gasteiger partial charge on any atom is -0.371 e. The summed E-state index contributed by atoms with van der Waals surface area (Å²) in [6.07, 6.45) is 8.43. The molecule has 1 aromatic carbocycles. The Morgan fingerprint density at radius 2 is 1.73 bits per heavy atom. The van der Waals surface area contributed by atoms with Gasteiger partial charge in [0.15, 0.2) is 0 Å². The monoisotopic (exact) mass is 407 g/mol. The van der Waals surface area contributed by atoms with E-state index in [9.17, 15) is 4.79 Å². The van der Waals surface area contributed by atoms with E-state index in [1.807, 2.05) is 24.3 Å². The van der Waals surface area contributed by atoms with E-state index >= 15 is 0 Å². The number of carbonyl (C=O) groups is 1. The summed E-state index contributed by atoms with van der Waals surface area (Å²) in [5.41, 5.74) is 1.86. The molecule has 2 amide bonds. The molecule has 1 saturated carbocycles. The van der Waals surface area contributed by atoms with Crippen LogP contribution in [0.2, 0.25) is 0 Å². The molecule has 6 heteroatoms. The molecule has 0 aromatic heterocycles. The summed E-state index contributed by atoms with van der Waals surface area (Å²) >= 11 is 0. The maximum atomic E-state index is 12.9. The number of amides is 2. The number of hydrogen-bond acceptors (Lipinski definition) is 4. The second kappa shape index (κ2) is 8.47. The van der Waals surface area contributed by atoms with Crippen LogP contribution in [0.5, 0.6) is 0 Å². The summed E-state index contributed by atoms with van der Waals surface area (Å²) in [5, 5.41) is 12.3. The van der Waals surface area contributed by atoms with Crippen molar-refractivity contribution >= 4 is 11.7 Å². The van der Waals surface area contributed by atoms with Crippen LogP contribution >= 0.6 is 0 Å². The zero-order chi connectivity index (χ0) is 20.5. The first kappa shape index (κ1) is 19.7. The molecular formula is C24H33N5O. The first-order chi connectivity index (χ1) is 14.7. The van der Waals surface area contributed by atoms with Crippen LogP contribution in [-0.4, -0.2) is 66.7 Å². The van der Waals surface area contributed by atoms with Crippen LogP contribution in [0.3, 0.4) is 0 Å². The van der Waals surface area contributed by atoms with Crippen LogP contribution in [0.15, 0.2) is 24.3 Å². The third-order valence-corrected chi connectivity index (χ3v) is 7.60. The fourth-order valence-corrected chi connectivity index (χ4v) is 5.78. The third-order valence-electron chi connectivity index (χ3n) is 7.60. The van der Waals surface area contributed by atoms with Crippen LogP contribution in [-0.2, 0) is 0 Å². The number of nitriles is 1. The van der Waals surface area contributed by atoms with E-state index in [1.165, 1.54) is 37.9 Å². The molecule has 4 fully saturated rings. The minimum atomic E-state index is 0.147. The number of nitrogens with one attached hydrogen (secondary N) is 1. The Kier molecular flexibility index (Phi) is 5.56. The van der Waals surface area contributed by atoms with Gasteiger partial charge in [0.1, 0.15) is 0 Å². The van der Waals surface area contributed by atoms with Gasteiger partial charge in [-0.1, -0.05) is 0 Å². The smallest absolute Gasteiger partial charge is 0.317 e. The van der Waals surface area contributed by atoms with Crippen molar-refractivity contribution in [3.8, 4) is 6.07 Å². The number of likely N-dealkylation sites (tertiary alicyclic amines) is 2. The van der Waals surface area contributed by atoms with Gasteiger partial charge in [-0.3, -0.25) is 4.90 Å². The molecule has 3 aliphatic heterocycles. The molecule has 2 atom stereocenters. The van der Waals surface area contributed by atoms with Crippen molar-refractivity contribution in [2.24, 2.45) is 5.92 Å². The summed E-state index contributed by atoms with van der Waals surface area (Å²) < 4.78 is 0. The lowest BCUT2D eigenvalue weighted by molar-refractivity contribution is 0.0291. The number of piperidine rings is 3. The highest BCUT2D eigenvalue weighted by Gasteiger charge is 2.42. The van der Waals surface area contributed by atoms with E-state index in [2.05, 4.69) is 26.1 Å². The van der Waals surface area contributed by atoms with Gasteiger partial charge >= 0.3 is 6.03 Å². The Morgan fingerprint density at radius 3 is 2.43 bits per heavy atom. The molecule has 3 heterocycles. The molecule has 2 unspecified atom stereocenters. The van der Waals surface area contributed by atoms with E-state index in [4.69, 9.17) is 5.26 Å². The van der Waals surface area contributed by atoms with Crippen molar-refractivity contribution < 1.29 is 4.79 Å². The average molecular weight is 408 g/mol. The molecule has 4 aliphatic rings. The van der Waals surface area contributed by atoms with E-state index in [0.717, 1.165) is 51.5 Å². The Balaban J connectivity index is 1.10. The van der Waals surface area contributed by atoms with Gasteiger partial charge in [0.2, 0.25) is 0 Å². The normalized spacial score (nSPS) is 28.0. The summed E-state index contributed by atoms with van der Waals surface area (Å²) in [4.78, 5) is 20.2. The summed E-state index contributed by atoms with van der Waals surface area (Å²) in [6, 6.07) is 11.9. The van der Waals surface area contributed by atoms with Crippen molar-refractivity contribution in [3.63, 3.8) is 0 Å². The van der Waals surface area contributed by atoms with Crippen LogP contribution in [0.25, 0.3) is 0 Å². The average Bonchev–Trinajstić information content (AvgIpc) is 3.64. The topological polar surface area (TPSA) is 62.6 Å². The molecule has 3 saturated heterocycles. The lowest BCUT2D eigenvalue weighted by atomic mass is 9.83. The van der Waals surface area contributed by atoms with E-state index < -0.39 is 0 Å². The fourth-order valence-electron chi connectivity index (χ4n) is 5.78. The van der Waals surface area contributed by atoms with E-state index in [0.29, 0.717) is 17.5 Å². The first-order valence-corrected chi connectivity index (χ1v) is 11.8. The molecule has 0 spiro atoms. The third kappa shape index (κ3) is 4.13. The molecule has 0 radical (unpaired) electrons. The lowest BCUT2D eigenvalue weighted by Crippen LogP contribution is -2.58. The summed E-state index contributed by atoms with van der Waals surface area (Å²) in [7, 11) is 0.